The highest BCUT2D eigenvalue weighted by molar-refractivity contribution is 6.01. The van der Waals surface area contributed by atoms with Gasteiger partial charge < -0.3 is 9.84 Å². The van der Waals surface area contributed by atoms with Gasteiger partial charge in [0, 0.05) is 23.2 Å². The van der Waals surface area contributed by atoms with Crippen molar-refractivity contribution < 1.29 is 24.2 Å². The molecule has 1 N–H and O–H groups in total. The molecular formula is C25H32O5. The summed E-state index contributed by atoms with van der Waals surface area (Å²) in [5.41, 5.74) is 0.386. The SMILES string of the molecule is CCC(=O)O[C@@]1(C(=O)CO)[C@@H](C)C[C@H]2[C@@H]3CCC4=CC(=O)C=C[C@]4(C)C3=CC[C@@]21C. The predicted octanol–water partition coefficient (Wildman–Crippen LogP) is 3.71. The molecule has 4 aliphatic carbocycles. The second-order valence-corrected chi connectivity index (χ2v) is 9.92. The maximum Gasteiger partial charge on any atom is 0.306 e. The molecule has 5 nitrogen and oxygen atoms in total. The first kappa shape index (κ1) is 21.2. The molecule has 2 fully saturated rings. The Morgan fingerprint density at radius 1 is 1.30 bits per heavy atom. The smallest absolute Gasteiger partial charge is 0.306 e. The summed E-state index contributed by atoms with van der Waals surface area (Å²) in [5, 5.41) is 9.82. The Labute approximate surface area is 178 Å². The second kappa shape index (κ2) is 7.01. The summed E-state index contributed by atoms with van der Waals surface area (Å²) >= 11 is 0. The van der Waals surface area contributed by atoms with Crippen LogP contribution in [0.5, 0.6) is 0 Å². The Kier molecular flexibility index (Phi) is 4.96. The van der Waals surface area contributed by atoms with Gasteiger partial charge in [-0.05, 0) is 56.6 Å². The fourth-order valence-electron chi connectivity index (χ4n) is 7.09. The quantitative estimate of drug-likeness (QED) is 0.562. The van der Waals surface area contributed by atoms with E-state index in [4.69, 9.17) is 4.74 Å². The predicted molar refractivity (Wildman–Crippen MR) is 112 cm³/mol. The summed E-state index contributed by atoms with van der Waals surface area (Å²) in [4.78, 5) is 37.5. The van der Waals surface area contributed by atoms with Gasteiger partial charge in [0.05, 0.1) is 0 Å². The number of hydrogen-bond donors (Lipinski definition) is 1. The van der Waals surface area contributed by atoms with Crippen molar-refractivity contribution in [3.8, 4) is 0 Å². The van der Waals surface area contributed by atoms with Crippen molar-refractivity contribution in [1.82, 2.24) is 0 Å². The number of rotatable bonds is 4. The molecule has 0 aliphatic heterocycles. The van der Waals surface area contributed by atoms with Crippen molar-refractivity contribution in [2.24, 2.45) is 28.6 Å². The molecule has 162 valence electrons. The van der Waals surface area contributed by atoms with Crippen LogP contribution in [0.15, 0.2) is 35.5 Å². The number of ether oxygens (including phenoxy) is 1. The average Bonchev–Trinajstić information content (AvgIpc) is 2.95. The number of ketones is 2. The molecule has 0 spiro atoms. The fraction of sp³-hybridized carbons (Fsp3) is 0.640. The number of fused-ring (bicyclic) bond motifs is 5. The molecule has 0 unspecified atom stereocenters. The highest BCUT2D eigenvalue weighted by Gasteiger charge is 2.69. The highest BCUT2D eigenvalue weighted by atomic mass is 16.6. The van der Waals surface area contributed by atoms with Crippen LogP contribution in [-0.4, -0.2) is 34.9 Å². The number of carbonyl (C=O) groups excluding carboxylic acids is 3. The Morgan fingerprint density at radius 2 is 2.03 bits per heavy atom. The summed E-state index contributed by atoms with van der Waals surface area (Å²) in [6, 6.07) is 0. The number of hydrogen-bond acceptors (Lipinski definition) is 5. The number of carbonyl (C=O) groups is 3. The third-order valence-corrected chi connectivity index (χ3v) is 8.61. The minimum atomic E-state index is -1.29. The molecule has 0 aromatic rings. The lowest BCUT2D eigenvalue weighted by molar-refractivity contribution is -0.190. The van der Waals surface area contributed by atoms with Gasteiger partial charge >= 0.3 is 5.97 Å². The van der Waals surface area contributed by atoms with Crippen LogP contribution in [0.1, 0.15) is 59.8 Å². The maximum atomic E-state index is 13.1. The van der Waals surface area contributed by atoms with Gasteiger partial charge in [0.25, 0.3) is 0 Å². The van der Waals surface area contributed by atoms with Crippen LogP contribution < -0.4 is 0 Å². The molecular weight excluding hydrogens is 380 g/mol. The standard InChI is InChI=1S/C25H32O5/c1-5-22(29)30-25(21(28)14-26)15(2)12-20-18-7-6-16-13-17(27)8-10-23(16,3)19(18)9-11-24(20,25)4/h8-10,13,15,18,20,26H,5-7,11-12,14H2,1-4H3/t15-,18+,20-,23-,24-,25+/m0/s1. The van der Waals surface area contributed by atoms with Gasteiger partial charge in [-0.15, -0.1) is 0 Å². The molecule has 4 rings (SSSR count). The Balaban J connectivity index is 1.81. The first-order valence-corrected chi connectivity index (χ1v) is 11.1. The number of allylic oxidation sites excluding steroid dienone is 6. The molecule has 30 heavy (non-hydrogen) atoms. The van der Waals surface area contributed by atoms with Gasteiger partial charge in [0.2, 0.25) is 5.78 Å². The van der Waals surface area contributed by atoms with Crippen molar-refractivity contribution in [1.29, 1.82) is 0 Å². The third kappa shape index (κ3) is 2.60. The topological polar surface area (TPSA) is 80.7 Å². The molecule has 5 heteroatoms. The molecule has 2 saturated carbocycles. The zero-order valence-electron chi connectivity index (χ0n) is 18.4. The van der Waals surface area contributed by atoms with Gasteiger partial charge in [-0.25, -0.2) is 0 Å². The van der Waals surface area contributed by atoms with Crippen LogP contribution in [0.3, 0.4) is 0 Å². The Bertz CT molecular complexity index is 895. The first-order valence-electron chi connectivity index (χ1n) is 11.1. The van der Waals surface area contributed by atoms with E-state index in [-0.39, 0.29) is 41.2 Å². The van der Waals surface area contributed by atoms with Gasteiger partial charge in [-0.1, -0.05) is 44.1 Å². The summed E-state index contributed by atoms with van der Waals surface area (Å²) in [5.74, 6) is -0.449. The van der Waals surface area contributed by atoms with E-state index in [0.29, 0.717) is 6.42 Å². The number of aliphatic hydroxyl groups is 1. The number of esters is 1. The molecule has 0 heterocycles. The summed E-state index contributed by atoms with van der Waals surface area (Å²) in [6.07, 6.45) is 11.1. The van der Waals surface area contributed by atoms with E-state index in [1.165, 1.54) is 11.1 Å². The van der Waals surface area contributed by atoms with Crippen molar-refractivity contribution >= 4 is 17.5 Å². The lowest BCUT2D eigenvalue weighted by atomic mass is 9.51. The third-order valence-electron chi connectivity index (χ3n) is 8.61. The molecule has 0 aromatic carbocycles. The summed E-state index contributed by atoms with van der Waals surface area (Å²) in [7, 11) is 0. The van der Waals surface area contributed by atoms with Gasteiger partial charge in [0.1, 0.15) is 6.61 Å². The number of Topliss-reactive ketones (excluding diaryl/α,β-unsaturated/α-hetero) is 1. The summed E-state index contributed by atoms with van der Waals surface area (Å²) < 4.78 is 5.96. The van der Waals surface area contributed by atoms with Crippen LogP contribution in [-0.2, 0) is 19.1 Å². The number of aliphatic hydroxyl groups excluding tert-OH is 1. The van der Waals surface area contributed by atoms with Gasteiger partial charge in [-0.3, -0.25) is 14.4 Å². The van der Waals surface area contributed by atoms with E-state index in [1.54, 1.807) is 19.1 Å². The fourth-order valence-corrected chi connectivity index (χ4v) is 7.09. The maximum absolute atomic E-state index is 13.1. The van der Waals surface area contributed by atoms with Crippen LogP contribution in [0, 0.1) is 28.6 Å². The zero-order chi connectivity index (χ0) is 21.9. The van der Waals surface area contributed by atoms with Crippen molar-refractivity contribution in [2.45, 2.75) is 65.4 Å². The van der Waals surface area contributed by atoms with E-state index in [9.17, 15) is 19.5 Å². The van der Waals surface area contributed by atoms with Crippen molar-refractivity contribution in [3.05, 3.63) is 35.5 Å². The van der Waals surface area contributed by atoms with Crippen LogP contribution in [0.25, 0.3) is 0 Å². The normalized spacial score (nSPS) is 41.9. The Hall–Kier alpha value is -2.01. The molecule has 6 atom stereocenters. The second-order valence-electron chi connectivity index (χ2n) is 9.92. The monoisotopic (exact) mass is 412 g/mol. The lowest BCUT2D eigenvalue weighted by Crippen LogP contribution is -2.59. The van der Waals surface area contributed by atoms with Gasteiger partial charge in [-0.2, -0.15) is 0 Å². The molecule has 0 aromatic heterocycles. The van der Waals surface area contributed by atoms with Crippen LogP contribution in [0.2, 0.25) is 0 Å². The van der Waals surface area contributed by atoms with Crippen molar-refractivity contribution in [3.63, 3.8) is 0 Å². The van der Waals surface area contributed by atoms with E-state index < -0.39 is 23.6 Å². The lowest BCUT2D eigenvalue weighted by Gasteiger charge is -2.54. The largest absolute Gasteiger partial charge is 0.450 e. The van der Waals surface area contributed by atoms with Crippen molar-refractivity contribution in [2.75, 3.05) is 6.61 Å². The molecule has 0 amide bonds. The summed E-state index contributed by atoms with van der Waals surface area (Å²) in [6.45, 7) is 7.34. The molecule has 0 radical (unpaired) electrons. The molecule has 4 aliphatic rings. The molecule has 0 saturated heterocycles. The average molecular weight is 413 g/mol. The molecule has 0 bridgehead atoms. The van der Waals surface area contributed by atoms with E-state index in [0.717, 1.165) is 19.3 Å². The van der Waals surface area contributed by atoms with E-state index >= 15 is 0 Å². The van der Waals surface area contributed by atoms with Gasteiger partial charge in [0.15, 0.2) is 11.4 Å². The Morgan fingerprint density at radius 3 is 2.70 bits per heavy atom. The first-order chi connectivity index (χ1) is 14.1. The van der Waals surface area contributed by atoms with Crippen LogP contribution in [0.4, 0.5) is 0 Å². The van der Waals surface area contributed by atoms with E-state index in [1.807, 2.05) is 13.0 Å². The minimum Gasteiger partial charge on any atom is -0.450 e. The highest BCUT2D eigenvalue weighted by Crippen LogP contribution is 2.67. The zero-order valence-corrected chi connectivity index (χ0v) is 18.4. The van der Waals surface area contributed by atoms with E-state index in [2.05, 4.69) is 19.9 Å². The van der Waals surface area contributed by atoms with Crippen LogP contribution >= 0.6 is 0 Å². The minimum absolute atomic E-state index is 0.0516.